The van der Waals surface area contributed by atoms with E-state index in [2.05, 4.69) is 11.9 Å². The molecule has 0 bridgehead atoms. The highest BCUT2D eigenvalue weighted by Gasteiger charge is 2.30. The molecule has 1 amide bonds. The number of likely N-dealkylation sites (tertiary alicyclic amines) is 1. The lowest BCUT2D eigenvalue weighted by Gasteiger charge is -2.39. The fourth-order valence-corrected chi connectivity index (χ4v) is 2.89. The fourth-order valence-electron chi connectivity index (χ4n) is 2.89. The summed E-state index contributed by atoms with van der Waals surface area (Å²) in [6.07, 6.45) is 9.22. The van der Waals surface area contributed by atoms with E-state index in [4.69, 9.17) is 5.73 Å². The van der Waals surface area contributed by atoms with Gasteiger partial charge in [-0.3, -0.25) is 4.79 Å². The zero-order valence-electron chi connectivity index (χ0n) is 11.7. The molecular weight excluding hydrogens is 240 g/mol. The number of hydrogen-bond acceptors (Lipinski definition) is 3. The maximum Gasteiger partial charge on any atom is 0.222 e. The summed E-state index contributed by atoms with van der Waals surface area (Å²) in [6, 6.07) is 0.231. The van der Waals surface area contributed by atoms with Crippen LogP contribution in [0.15, 0.2) is 18.7 Å². The predicted octanol–water partition coefficient (Wildman–Crippen LogP) is 1.25. The molecule has 5 heteroatoms. The summed E-state index contributed by atoms with van der Waals surface area (Å²) in [5, 5.41) is 0. The number of piperidine rings is 1. The lowest BCUT2D eigenvalue weighted by atomic mass is 9.90. The molecule has 0 radical (unpaired) electrons. The van der Waals surface area contributed by atoms with Gasteiger partial charge in [0.15, 0.2) is 0 Å². The first-order chi connectivity index (χ1) is 9.22. The van der Waals surface area contributed by atoms with Gasteiger partial charge >= 0.3 is 0 Å². The Labute approximate surface area is 114 Å². The zero-order chi connectivity index (χ0) is 13.7. The highest BCUT2D eigenvalue weighted by atomic mass is 16.2. The van der Waals surface area contributed by atoms with Gasteiger partial charge in [0.25, 0.3) is 0 Å². The summed E-state index contributed by atoms with van der Waals surface area (Å²) in [6.45, 7) is 4.50. The molecule has 0 saturated carbocycles. The predicted molar refractivity (Wildman–Crippen MR) is 74.4 cm³/mol. The molecular formula is C14H24N4O. The van der Waals surface area contributed by atoms with Crippen LogP contribution in [0.1, 0.15) is 32.6 Å². The van der Waals surface area contributed by atoms with Crippen molar-refractivity contribution in [2.24, 2.45) is 11.7 Å². The van der Waals surface area contributed by atoms with Crippen LogP contribution in [0.4, 0.5) is 0 Å². The Bertz CT molecular complexity index is 390. The highest BCUT2D eigenvalue weighted by molar-refractivity contribution is 5.76. The Kier molecular flexibility index (Phi) is 4.96. The van der Waals surface area contributed by atoms with Crippen LogP contribution in [0.5, 0.6) is 0 Å². The Hall–Kier alpha value is -1.36. The van der Waals surface area contributed by atoms with Crippen molar-refractivity contribution in [3.8, 4) is 0 Å². The van der Waals surface area contributed by atoms with Gasteiger partial charge in [0.1, 0.15) is 0 Å². The monoisotopic (exact) mass is 264 g/mol. The largest absolute Gasteiger partial charge is 0.338 e. The van der Waals surface area contributed by atoms with Gasteiger partial charge in [0.2, 0.25) is 5.91 Å². The molecule has 19 heavy (non-hydrogen) atoms. The standard InChI is InChI=1S/C14H24N4O/c1-12-4-2-8-18(13(12)10-15)14(19)5-3-7-17-9-6-16-11-17/h6,9,11-13H,2-5,7-8,10,15H2,1H3/t12-,13-/m1/s1. The van der Waals surface area contributed by atoms with Crippen LogP contribution >= 0.6 is 0 Å². The van der Waals surface area contributed by atoms with Gasteiger partial charge < -0.3 is 15.2 Å². The van der Waals surface area contributed by atoms with E-state index in [0.29, 0.717) is 18.9 Å². The number of aromatic nitrogens is 2. The maximum atomic E-state index is 12.3. The number of hydrogen-bond donors (Lipinski definition) is 1. The van der Waals surface area contributed by atoms with Gasteiger partial charge in [-0.1, -0.05) is 6.92 Å². The van der Waals surface area contributed by atoms with Gasteiger partial charge in [-0.15, -0.1) is 0 Å². The maximum absolute atomic E-state index is 12.3. The number of amides is 1. The van der Waals surface area contributed by atoms with E-state index in [1.165, 1.54) is 6.42 Å². The number of nitrogens with zero attached hydrogens (tertiary/aromatic N) is 3. The van der Waals surface area contributed by atoms with E-state index in [1.807, 2.05) is 15.7 Å². The van der Waals surface area contributed by atoms with Crippen molar-refractivity contribution in [2.75, 3.05) is 13.1 Å². The first-order valence-electron chi connectivity index (χ1n) is 7.17. The molecule has 0 aliphatic carbocycles. The second-order valence-corrected chi connectivity index (χ2v) is 5.41. The minimum absolute atomic E-state index is 0.231. The van der Waals surface area contributed by atoms with Crippen molar-refractivity contribution < 1.29 is 4.79 Å². The topological polar surface area (TPSA) is 64.2 Å². The Balaban J connectivity index is 1.81. The van der Waals surface area contributed by atoms with Crippen LogP contribution in [0.25, 0.3) is 0 Å². The molecule has 2 heterocycles. The summed E-state index contributed by atoms with van der Waals surface area (Å²) in [4.78, 5) is 18.3. The quantitative estimate of drug-likeness (QED) is 0.870. The third-order valence-corrected chi connectivity index (χ3v) is 4.04. The van der Waals surface area contributed by atoms with Crippen molar-refractivity contribution >= 4 is 5.91 Å². The van der Waals surface area contributed by atoms with Gasteiger partial charge in [-0.05, 0) is 25.2 Å². The van der Waals surface area contributed by atoms with Crippen LogP contribution in [0.3, 0.4) is 0 Å². The second-order valence-electron chi connectivity index (χ2n) is 5.41. The van der Waals surface area contributed by atoms with Crippen molar-refractivity contribution in [3.63, 3.8) is 0 Å². The molecule has 2 N–H and O–H groups in total. The van der Waals surface area contributed by atoms with E-state index in [0.717, 1.165) is 25.9 Å². The Morgan fingerprint density at radius 2 is 2.37 bits per heavy atom. The van der Waals surface area contributed by atoms with E-state index in [9.17, 15) is 4.79 Å². The highest BCUT2D eigenvalue weighted by Crippen LogP contribution is 2.23. The van der Waals surface area contributed by atoms with E-state index in [-0.39, 0.29) is 11.9 Å². The molecule has 0 unspecified atom stereocenters. The molecule has 1 aliphatic heterocycles. The summed E-state index contributed by atoms with van der Waals surface area (Å²) in [5.74, 6) is 0.776. The summed E-state index contributed by atoms with van der Waals surface area (Å²) in [7, 11) is 0. The number of carbonyl (C=O) groups is 1. The first-order valence-corrected chi connectivity index (χ1v) is 7.17. The van der Waals surface area contributed by atoms with Crippen molar-refractivity contribution in [2.45, 2.75) is 45.2 Å². The molecule has 1 aromatic rings. The molecule has 0 spiro atoms. The number of imidazole rings is 1. The normalized spacial score (nSPS) is 23.6. The third kappa shape index (κ3) is 3.56. The summed E-state index contributed by atoms with van der Waals surface area (Å²) >= 11 is 0. The van der Waals surface area contributed by atoms with E-state index < -0.39 is 0 Å². The van der Waals surface area contributed by atoms with Crippen molar-refractivity contribution in [1.82, 2.24) is 14.5 Å². The van der Waals surface area contributed by atoms with Crippen molar-refractivity contribution in [1.29, 1.82) is 0 Å². The lowest BCUT2D eigenvalue weighted by Crippen LogP contribution is -2.51. The fraction of sp³-hybridized carbons (Fsp3) is 0.714. The molecule has 1 saturated heterocycles. The average molecular weight is 264 g/mol. The summed E-state index contributed by atoms with van der Waals surface area (Å²) < 4.78 is 2.01. The molecule has 106 valence electrons. The molecule has 2 atom stereocenters. The summed E-state index contributed by atoms with van der Waals surface area (Å²) in [5.41, 5.74) is 5.82. The molecule has 1 aliphatic rings. The molecule has 1 fully saturated rings. The SMILES string of the molecule is C[C@@H]1CCCN(C(=O)CCCn2ccnc2)[C@@H]1CN. The van der Waals surface area contributed by atoms with Crippen LogP contribution < -0.4 is 5.73 Å². The number of rotatable bonds is 5. The second kappa shape index (κ2) is 6.70. The molecule has 5 nitrogen and oxygen atoms in total. The Morgan fingerprint density at radius 3 is 3.05 bits per heavy atom. The van der Waals surface area contributed by atoms with Gasteiger partial charge in [-0.2, -0.15) is 0 Å². The first kappa shape index (κ1) is 14.1. The van der Waals surface area contributed by atoms with Crippen LogP contribution in [0, 0.1) is 5.92 Å². The van der Waals surface area contributed by atoms with Crippen molar-refractivity contribution in [3.05, 3.63) is 18.7 Å². The minimum Gasteiger partial charge on any atom is -0.338 e. The zero-order valence-corrected chi connectivity index (χ0v) is 11.7. The number of carbonyl (C=O) groups excluding carboxylic acids is 1. The molecule has 2 rings (SSSR count). The average Bonchev–Trinajstić information content (AvgIpc) is 2.91. The van der Waals surface area contributed by atoms with E-state index in [1.54, 1.807) is 12.5 Å². The number of nitrogens with two attached hydrogens (primary N) is 1. The van der Waals surface area contributed by atoms with Crippen LogP contribution in [-0.4, -0.2) is 39.5 Å². The van der Waals surface area contributed by atoms with Gasteiger partial charge in [-0.25, -0.2) is 4.98 Å². The van der Waals surface area contributed by atoms with E-state index >= 15 is 0 Å². The lowest BCUT2D eigenvalue weighted by molar-refractivity contribution is -0.136. The Morgan fingerprint density at radius 1 is 1.53 bits per heavy atom. The van der Waals surface area contributed by atoms with Gasteiger partial charge in [0, 0.05) is 44.5 Å². The van der Waals surface area contributed by atoms with Crippen LogP contribution in [-0.2, 0) is 11.3 Å². The van der Waals surface area contributed by atoms with Crippen LogP contribution in [0.2, 0.25) is 0 Å². The smallest absolute Gasteiger partial charge is 0.222 e. The minimum atomic E-state index is 0.231. The molecule has 1 aromatic heterocycles. The third-order valence-electron chi connectivity index (χ3n) is 4.04. The molecule has 0 aromatic carbocycles. The number of aryl methyl sites for hydroxylation is 1. The van der Waals surface area contributed by atoms with Gasteiger partial charge in [0.05, 0.1) is 6.33 Å².